The van der Waals surface area contributed by atoms with E-state index in [9.17, 15) is 0 Å². The molecular formula is C58H42. The molecule has 0 aliphatic heterocycles. The Morgan fingerprint density at radius 1 is 0.241 bits per heavy atom. The third-order valence-corrected chi connectivity index (χ3v) is 13.0. The van der Waals surface area contributed by atoms with E-state index in [-0.39, 0.29) is 5.41 Å². The lowest BCUT2D eigenvalue weighted by Gasteiger charge is -2.34. The zero-order valence-electron chi connectivity index (χ0n) is 32.8. The fourth-order valence-corrected chi connectivity index (χ4v) is 10.1. The van der Waals surface area contributed by atoms with Gasteiger partial charge < -0.3 is 0 Å². The van der Waals surface area contributed by atoms with Crippen LogP contribution >= 0.6 is 0 Å². The van der Waals surface area contributed by atoms with E-state index in [0.717, 1.165) is 0 Å². The van der Waals surface area contributed by atoms with Crippen molar-refractivity contribution in [1.29, 1.82) is 0 Å². The average molecular weight is 739 g/mol. The molecule has 0 nitrogen and oxygen atoms in total. The molecule has 0 heterocycles. The maximum absolute atomic E-state index is 2.45. The summed E-state index contributed by atoms with van der Waals surface area (Å²) in [7, 11) is 0. The average Bonchev–Trinajstić information content (AvgIpc) is 3.72. The van der Waals surface area contributed by atoms with E-state index in [1.165, 1.54) is 100 Å². The van der Waals surface area contributed by atoms with Gasteiger partial charge in [-0.3, -0.25) is 0 Å². The molecule has 274 valence electrons. The molecule has 0 spiro atoms. The summed E-state index contributed by atoms with van der Waals surface area (Å²) in [6.07, 6.45) is 0. The van der Waals surface area contributed by atoms with Crippen LogP contribution in [0.2, 0.25) is 0 Å². The van der Waals surface area contributed by atoms with Crippen molar-refractivity contribution in [3.63, 3.8) is 0 Å². The maximum Gasteiger partial charge on any atom is 0.0713 e. The molecule has 0 heteroatoms. The molecule has 58 heavy (non-hydrogen) atoms. The second kappa shape index (κ2) is 13.3. The van der Waals surface area contributed by atoms with E-state index < -0.39 is 5.41 Å². The lowest BCUT2D eigenvalue weighted by molar-refractivity contribution is 0.660. The van der Waals surface area contributed by atoms with Crippen LogP contribution in [0, 0.1) is 0 Å². The summed E-state index contributed by atoms with van der Waals surface area (Å²) in [5.41, 5.74) is 22.7. The summed E-state index contributed by atoms with van der Waals surface area (Å²) in [5.74, 6) is 0. The standard InChI is InChI=1S/C58H42/c1-57(2)53-28-11-9-26-49(53)51-32-30-45(37-55(51)57)43-20-14-18-41(35-43)39-16-13-17-40(34-39)42-19-15-21-44(36-42)46-31-33-52-50-27-10-12-29-54(50)58(56(52)38-46,47-22-5-3-6-23-47)48-24-7-4-8-25-48/h3-38H,1-2H3. The summed E-state index contributed by atoms with van der Waals surface area (Å²) >= 11 is 0. The van der Waals surface area contributed by atoms with Gasteiger partial charge in [-0.2, -0.15) is 0 Å². The van der Waals surface area contributed by atoms with Crippen molar-refractivity contribution in [2.24, 2.45) is 0 Å². The van der Waals surface area contributed by atoms with Gasteiger partial charge in [-0.15, -0.1) is 0 Å². The minimum Gasteiger partial charge on any atom is -0.0622 e. The van der Waals surface area contributed by atoms with Gasteiger partial charge >= 0.3 is 0 Å². The topological polar surface area (TPSA) is 0 Å². The maximum atomic E-state index is 2.45. The van der Waals surface area contributed by atoms with Crippen molar-refractivity contribution in [2.45, 2.75) is 24.7 Å². The van der Waals surface area contributed by atoms with Gasteiger partial charge in [0.1, 0.15) is 0 Å². The van der Waals surface area contributed by atoms with Gasteiger partial charge in [0.25, 0.3) is 0 Å². The lowest BCUT2D eigenvalue weighted by Crippen LogP contribution is -2.28. The zero-order valence-corrected chi connectivity index (χ0v) is 32.8. The van der Waals surface area contributed by atoms with Gasteiger partial charge in [0.15, 0.2) is 0 Å². The molecule has 0 saturated carbocycles. The van der Waals surface area contributed by atoms with Crippen molar-refractivity contribution in [3.8, 4) is 66.8 Å². The summed E-state index contributed by atoms with van der Waals surface area (Å²) in [6, 6.07) is 81.1. The Labute approximate surface area is 341 Å². The van der Waals surface area contributed by atoms with Crippen LogP contribution in [0.5, 0.6) is 0 Å². The Morgan fingerprint density at radius 3 is 1.07 bits per heavy atom. The van der Waals surface area contributed by atoms with E-state index >= 15 is 0 Å². The fourth-order valence-electron chi connectivity index (χ4n) is 10.1. The number of hydrogen-bond acceptors (Lipinski definition) is 0. The van der Waals surface area contributed by atoms with E-state index in [1.54, 1.807) is 0 Å². The molecule has 0 bridgehead atoms. The Kier molecular flexibility index (Phi) is 7.85. The third kappa shape index (κ3) is 5.22. The zero-order chi connectivity index (χ0) is 38.8. The summed E-state index contributed by atoms with van der Waals surface area (Å²) in [6.45, 7) is 4.70. The van der Waals surface area contributed by atoms with Crippen LogP contribution in [0.25, 0.3) is 66.8 Å². The molecule has 9 aromatic carbocycles. The van der Waals surface area contributed by atoms with Crippen LogP contribution in [0.1, 0.15) is 47.2 Å². The van der Waals surface area contributed by atoms with Crippen LogP contribution < -0.4 is 0 Å². The molecule has 2 aliphatic carbocycles. The van der Waals surface area contributed by atoms with Gasteiger partial charge in [-0.1, -0.05) is 202 Å². The van der Waals surface area contributed by atoms with Crippen LogP contribution in [-0.4, -0.2) is 0 Å². The molecule has 0 amide bonds. The summed E-state index contributed by atoms with van der Waals surface area (Å²) < 4.78 is 0. The first-order chi connectivity index (χ1) is 28.5. The Morgan fingerprint density at radius 2 is 0.586 bits per heavy atom. The molecule has 2 aliphatic rings. The first-order valence-corrected chi connectivity index (χ1v) is 20.4. The quantitative estimate of drug-likeness (QED) is 0.159. The van der Waals surface area contributed by atoms with Crippen molar-refractivity contribution < 1.29 is 0 Å². The predicted molar refractivity (Wildman–Crippen MR) is 243 cm³/mol. The normalized spacial score (nSPS) is 14.0. The molecular weight excluding hydrogens is 697 g/mol. The number of rotatable bonds is 6. The van der Waals surface area contributed by atoms with E-state index in [1.807, 2.05) is 0 Å². The molecule has 0 N–H and O–H groups in total. The van der Waals surface area contributed by atoms with Crippen molar-refractivity contribution in [1.82, 2.24) is 0 Å². The fraction of sp³-hybridized carbons (Fsp3) is 0.0690. The summed E-state index contributed by atoms with van der Waals surface area (Å²) in [5, 5.41) is 0. The third-order valence-electron chi connectivity index (χ3n) is 13.0. The lowest BCUT2D eigenvalue weighted by atomic mass is 9.67. The molecule has 9 aromatic rings. The minimum absolute atomic E-state index is 0.0277. The van der Waals surface area contributed by atoms with Crippen LogP contribution in [0.4, 0.5) is 0 Å². The second-order valence-corrected chi connectivity index (χ2v) is 16.5. The molecule has 0 atom stereocenters. The van der Waals surface area contributed by atoms with Crippen molar-refractivity contribution in [2.75, 3.05) is 0 Å². The smallest absolute Gasteiger partial charge is 0.0622 e. The number of fused-ring (bicyclic) bond motifs is 6. The molecule has 11 rings (SSSR count). The predicted octanol–water partition coefficient (Wildman–Crippen LogP) is 15.0. The highest BCUT2D eigenvalue weighted by Gasteiger charge is 2.46. The van der Waals surface area contributed by atoms with Crippen LogP contribution in [0.15, 0.2) is 218 Å². The van der Waals surface area contributed by atoms with Crippen LogP contribution in [0.3, 0.4) is 0 Å². The first kappa shape index (κ1) is 34.2. The van der Waals surface area contributed by atoms with Gasteiger partial charge in [0, 0.05) is 5.41 Å². The van der Waals surface area contributed by atoms with Gasteiger partial charge in [-0.05, 0) is 130 Å². The Hall–Kier alpha value is -7.02. The van der Waals surface area contributed by atoms with Crippen LogP contribution in [-0.2, 0) is 10.8 Å². The van der Waals surface area contributed by atoms with Gasteiger partial charge in [-0.25, -0.2) is 0 Å². The molecule has 0 saturated heterocycles. The monoisotopic (exact) mass is 738 g/mol. The SMILES string of the molecule is CC1(C)c2ccccc2-c2ccc(-c3cccc(-c4cccc(-c5cccc(-c6ccc7c(c6)C(c6ccccc6)(c6ccccc6)c6ccccc6-7)c5)c4)c3)cc21. The molecule has 0 unspecified atom stereocenters. The van der Waals surface area contributed by atoms with Gasteiger partial charge in [0.05, 0.1) is 5.41 Å². The molecule has 0 radical (unpaired) electrons. The van der Waals surface area contributed by atoms with E-state index in [0.29, 0.717) is 0 Å². The highest BCUT2D eigenvalue weighted by atomic mass is 14.5. The molecule has 0 fully saturated rings. The molecule has 0 aromatic heterocycles. The van der Waals surface area contributed by atoms with E-state index in [4.69, 9.17) is 0 Å². The highest BCUT2D eigenvalue weighted by Crippen LogP contribution is 2.57. The highest BCUT2D eigenvalue weighted by molar-refractivity contribution is 5.89. The Bertz CT molecular complexity index is 2980. The first-order valence-electron chi connectivity index (χ1n) is 20.4. The number of hydrogen-bond donors (Lipinski definition) is 0. The number of benzene rings is 9. The second-order valence-electron chi connectivity index (χ2n) is 16.5. The largest absolute Gasteiger partial charge is 0.0713 e. The van der Waals surface area contributed by atoms with Gasteiger partial charge in [0.2, 0.25) is 0 Å². The van der Waals surface area contributed by atoms with E-state index in [2.05, 4.69) is 232 Å². The van der Waals surface area contributed by atoms with Crippen molar-refractivity contribution >= 4 is 0 Å². The minimum atomic E-state index is -0.425. The Balaban J connectivity index is 0.963. The van der Waals surface area contributed by atoms with Crippen molar-refractivity contribution in [3.05, 3.63) is 252 Å². The summed E-state index contributed by atoms with van der Waals surface area (Å²) in [4.78, 5) is 0.